The molecule has 28 heavy (non-hydrogen) atoms. The lowest BCUT2D eigenvalue weighted by molar-refractivity contribution is 0.0912. The summed E-state index contributed by atoms with van der Waals surface area (Å²) in [7, 11) is 0. The lowest BCUT2D eigenvalue weighted by Gasteiger charge is -2.22. The summed E-state index contributed by atoms with van der Waals surface area (Å²) in [5, 5.41) is 5.81. The van der Waals surface area contributed by atoms with Gasteiger partial charge in [-0.2, -0.15) is 5.10 Å². The second-order valence-corrected chi connectivity index (χ2v) is 8.47. The summed E-state index contributed by atoms with van der Waals surface area (Å²) in [6.45, 7) is 7.86. The van der Waals surface area contributed by atoms with Crippen molar-refractivity contribution in [1.29, 1.82) is 0 Å². The number of carbonyl (C=O) groups excluding carboxylic acids is 1. The van der Waals surface area contributed by atoms with E-state index in [2.05, 4.69) is 5.10 Å². The van der Waals surface area contributed by atoms with Crippen LogP contribution < -0.4 is 4.90 Å². The van der Waals surface area contributed by atoms with Gasteiger partial charge in [0.25, 0.3) is 5.91 Å². The van der Waals surface area contributed by atoms with Gasteiger partial charge in [-0.25, -0.2) is 4.98 Å². The van der Waals surface area contributed by atoms with Gasteiger partial charge in [-0.1, -0.05) is 22.9 Å². The number of hydrogen-bond donors (Lipinski definition) is 0. The van der Waals surface area contributed by atoms with E-state index in [1.54, 1.807) is 4.90 Å². The molecule has 6 nitrogen and oxygen atoms in total. The fourth-order valence-corrected chi connectivity index (χ4v) is 4.70. The summed E-state index contributed by atoms with van der Waals surface area (Å²) in [5.74, 6) is -0.145. The van der Waals surface area contributed by atoms with E-state index in [-0.39, 0.29) is 12.0 Å². The topological polar surface area (TPSA) is 60.2 Å². The monoisotopic (exact) mass is 418 g/mol. The number of aryl methyl sites for hydroxylation is 3. The van der Waals surface area contributed by atoms with Gasteiger partial charge >= 0.3 is 0 Å². The van der Waals surface area contributed by atoms with E-state index in [0.717, 1.165) is 47.5 Å². The van der Waals surface area contributed by atoms with E-state index in [1.807, 2.05) is 43.7 Å². The van der Waals surface area contributed by atoms with Crippen LogP contribution in [-0.4, -0.2) is 39.9 Å². The number of halogens is 1. The third-order valence-corrected chi connectivity index (χ3v) is 6.58. The number of benzene rings is 1. The van der Waals surface area contributed by atoms with Crippen molar-refractivity contribution < 1.29 is 9.53 Å². The van der Waals surface area contributed by atoms with Gasteiger partial charge in [-0.05, 0) is 57.4 Å². The summed E-state index contributed by atoms with van der Waals surface area (Å²) >= 11 is 7.76. The van der Waals surface area contributed by atoms with Crippen LogP contribution in [-0.2, 0) is 11.3 Å². The van der Waals surface area contributed by atoms with Gasteiger partial charge in [-0.3, -0.25) is 14.4 Å². The van der Waals surface area contributed by atoms with Crippen LogP contribution in [0, 0.1) is 13.8 Å². The molecule has 8 heteroatoms. The lowest BCUT2D eigenvalue weighted by atomic mass is 10.2. The number of carbonyl (C=O) groups is 1. The highest BCUT2D eigenvalue weighted by molar-refractivity contribution is 7.22. The highest BCUT2D eigenvalue weighted by Crippen LogP contribution is 2.34. The van der Waals surface area contributed by atoms with Crippen molar-refractivity contribution >= 4 is 44.2 Å². The zero-order valence-corrected chi connectivity index (χ0v) is 17.8. The van der Waals surface area contributed by atoms with Gasteiger partial charge in [0, 0.05) is 23.9 Å². The van der Waals surface area contributed by atoms with Gasteiger partial charge in [0.1, 0.15) is 0 Å². The summed E-state index contributed by atoms with van der Waals surface area (Å²) in [6.07, 6.45) is 1.99. The first-order chi connectivity index (χ1) is 13.5. The molecule has 1 amide bonds. The minimum Gasteiger partial charge on any atom is -0.376 e. The van der Waals surface area contributed by atoms with E-state index in [0.29, 0.717) is 22.4 Å². The maximum atomic E-state index is 13.4. The molecule has 1 aliphatic heterocycles. The van der Waals surface area contributed by atoms with Crippen molar-refractivity contribution in [2.75, 3.05) is 18.1 Å². The van der Waals surface area contributed by atoms with Gasteiger partial charge in [0.2, 0.25) is 0 Å². The van der Waals surface area contributed by atoms with E-state index < -0.39 is 0 Å². The lowest BCUT2D eigenvalue weighted by Crippen LogP contribution is -2.37. The largest absolute Gasteiger partial charge is 0.376 e. The van der Waals surface area contributed by atoms with Crippen molar-refractivity contribution in [2.45, 2.75) is 46.3 Å². The molecule has 0 bridgehead atoms. The Morgan fingerprint density at radius 1 is 1.43 bits per heavy atom. The van der Waals surface area contributed by atoms with Crippen molar-refractivity contribution in [3.8, 4) is 0 Å². The molecule has 3 aromatic rings. The van der Waals surface area contributed by atoms with Crippen LogP contribution in [0.1, 0.15) is 41.5 Å². The van der Waals surface area contributed by atoms with E-state index >= 15 is 0 Å². The van der Waals surface area contributed by atoms with Crippen molar-refractivity contribution in [1.82, 2.24) is 14.8 Å². The Balaban J connectivity index is 1.74. The van der Waals surface area contributed by atoms with Gasteiger partial charge in [-0.15, -0.1) is 0 Å². The number of thiazole rings is 1. The molecule has 1 saturated heterocycles. The number of ether oxygens (including phenoxy) is 1. The van der Waals surface area contributed by atoms with Crippen LogP contribution in [0.2, 0.25) is 5.02 Å². The predicted octanol–water partition coefficient (Wildman–Crippen LogP) is 4.61. The summed E-state index contributed by atoms with van der Waals surface area (Å²) < 4.78 is 8.64. The Morgan fingerprint density at radius 3 is 2.93 bits per heavy atom. The maximum Gasteiger partial charge on any atom is 0.280 e. The average Bonchev–Trinajstić information content (AvgIpc) is 3.41. The highest BCUT2D eigenvalue weighted by Gasteiger charge is 2.29. The minimum absolute atomic E-state index is 0.0232. The fraction of sp³-hybridized carbons (Fsp3) is 0.450. The van der Waals surface area contributed by atoms with Crippen molar-refractivity contribution in [3.05, 3.63) is 40.2 Å². The zero-order valence-electron chi connectivity index (χ0n) is 16.2. The van der Waals surface area contributed by atoms with E-state index in [1.165, 1.54) is 11.3 Å². The normalized spacial score (nSPS) is 16.8. The first-order valence-corrected chi connectivity index (χ1v) is 10.7. The summed E-state index contributed by atoms with van der Waals surface area (Å²) in [6, 6.07) is 5.67. The van der Waals surface area contributed by atoms with Gasteiger partial charge < -0.3 is 4.74 Å². The highest BCUT2D eigenvalue weighted by atomic mass is 35.5. The number of nitrogens with zero attached hydrogens (tertiary/aromatic N) is 4. The molecule has 3 heterocycles. The third kappa shape index (κ3) is 3.54. The Bertz CT molecular complexity index is 1020. The average molecular weight is 419 g/mol. The van der Waals surface area contributed by atoms with Crippen molar-refractivity contribution in [3.63, 3.8) is 0 Å². The SMILES string of the molecule is CCn1nc(C(=O)N(CC2CCCO2)c2nc3c(C)c(Cl)ccc3s2)cc1C. The fourth-order valence-electron chi connectivity index (χ4n) is 3.52. The van der Waals surface area contributed by atoms with Crippen LogP contribution in [0.5, 0.6) is 0 Å². The zero-order chi connectivity index (χ0) is 19.8. The minimum atomic E-state index is -0.145. The first kappa shape index (κ1) is 19.4. The Labute approximate surface area is 173 Å². The Morgan fingerprint density at radius 2 is 2.25 bits per heavy atom. The predicted molar refractivity (Wildman–Crippen MR) is 113 cm³/mol. The molecule has 0 radical (unpaired) electrons. The third-order valence-electron chi connectivity index (χ3n) is 5.12. The maximum absolute atomic E-state index is 13.4. The van der Waals surface area contributed by atoms with Crippen LogP contribution >= 0.6 is 22.9 Å². The van der Waals surface area contributed by atoms with Crippen LogP contribution in [0.3, 0.4) is 0 Å². The molecule has 0 N–H and O–H groups in total. The number of rotatable bonds is 5. The summed E-state index contributed by atoms with van der Waals surface area (Å²) in [4.78, 5) is 19.9. The number of fused-ring (bicyclic) bond motifs is 1. The van der Waals surface area contributed by atoms with E-state index in [9.17, 15) is 4.79 Å². The molecule has 1 atom stereocenters. The molecule has 0 spiro atoms. The van der Waals surface area contributed by atoms with Gasteiger partial charge in [0.15, 0.2) is 10.8 Å². The number of hydrogen-bond acceptors (Lipinski definition) is 5. The molecule has 148 valence electrons. The molecule has 0 saturated carbocycles. The van der Waals surface area contributed by atoms with Crippen molar-refractivity contribution in [2.24, 2.45) is 0 Å². The first-order valence-electron chi connectivity index (χ1n) is 9.51. The second kappa shape index (κ2) is 7.81. The molecule has 1 fully saturated rings. The molecule has 2 aromatic heterocycles. The van der Waals surface area contributed by atoms with E-state index in [4.69, 9.17) is 21.3 Å². The molecular weight excluding hydrogens is 396 g/mol. The Kier molecular flexibility index (Phi) is 5.40. The van der Waals surface area contributed by atoms with Crippen LogP contribution in [0.4, 0.5) is 5.13 Å². The molecule has 1 unspecified atom stereocenters. The smallest absolute Gasteiger partial charge is 0.280 e. The molecule has 4 rings (SSSR count). The van der Waals surface area contributed by atoms with Crippen LogP contribution in [0.15, 0.2) is 18.2 Å². The number of anilines is 1. The van der Waals surface area contributed by atoms with Gasteiger partial charge in [0.05, 0.1) is 22.9 Å². The molecule has 0 aliphatic carbocycles. The molecule has 1 aromatic carbocycles. The Hall–Kier alpha value is -1.96. The number of aromatic nitrogens is 3. The van der Waals surface area contributed by atoms with Crippen LogP contribution in [0.25, 0.3) is 10.2 Å². The molecular formula is C20H23ClN4O2S. The number of amides is 1. The summed E-state index contributed by atoms with van der Waals surface area (Å²) in [5.41, 5.74) is 3.17. The standard InChI is InChI=1S/C20H23ClN4O2S/c1-4-25-12(2)10-16(23-25)19(26)24(11-14-6-5-9-27-14)20-22-18-13(3)15(21)7-8-17(18)28-20/h7-8,10,14H,4-6,9,11H2,1-3H3. The second-order valence-electron chi connectivity index (χ2n) is 7.05. The quantitative estimate of drug-likeness (QED) is 0.607. The molecule has 1 aliphatic rings.